The van der Waals surface area contributed by atoms with Crippen LogP contribution in [-0.2, 0) is 11.2 Å². The van der Waals surface area contributed by atoms with E-state index in [0.29, 0.717) is 18.8 Å². The maximum Gasteiger partial charge on any atom is 0.310 e. The number of nitrogens with two attached hydrogens (primary N) is 1. The van der Waals surface area contributed by atoms with E-state index in [0.717, 1.165) is 25.7 Å². The largest absolute Gasteiger partial charge is 0.481 e. The fourth-order valence-electron chi connectivity index (χ4n) is 3.59. The van der Waals surface area contributed by atoms with Gasteiger partial charge in [0.05, 0.1) is 5.41 Å². The summed E-state index contributed by atoms with van der Waals surface area (Å²) in [6.45, 7) is 2.26. The molecule has 0 fully saturated rings. The SMILES string of the molecule is CCCC(CN)(CC1CCCc2ccccc21)C(=O)O. The van der Waals surface area contributed by atoms with Gasteiger partial charge in [-0.15, -0.1) is 0 Å². The van der Waals surface area contributed by atoms with E-state index in [-0.39, 0.29) is 6.54 Å². The predicted molar refractivity (Wildman–Crippen MR) is 80.8 cm³/mol. The van der Waals surface area contributed by atoms with E-state index < -0.39 is 11.4 Å². The highest BCUT2D eigenvalue weighted by Crippen LogP contribution is 2.41. The Labute approximate surface area is 121 Å². The van der Waals surface area contributed by atoms with Crippen molar-refractivity contribution in [3.05, 3.63) is 35.4 Å². The molecule has 3 nitrogen and oxygen atoms in total. The minimum atomic E-state index is -0.760. The Bertz CT molecular complexity index is 472. The van der Waals surface area contributed by atoms with Crippen molar-refractivity contribution in [3.63, 3.8) is 0 Å². The van der Waals surface area contributed by atoms with Crippen molar-refractivity contribution in [1.29, 1.82) is 0 Å². The molecule has 0 aromatic heterocycles. The van der Waals surface area contributed by atoms with Crippen molar-refractivity contribution in [1.82, 2.24) is 0 Å². The van der Waals surface area contributed by atoms with Crippen molar-refractivity contribution < 1.29 is 9.90 Å². The lowest BCUT2D eigenvalue weighted by molar-refractivity contribution is -0.149. The van der Waals surface area contributed by atoms with E-state index in [1.807, 2.05) is 6.92 Å². The van der Waals surface area contributed by atoms with Gasteiger partial charge in [0.2, 0.25) is 0 Å². The molecule has 0 bridgehead atoms. The first-order valence-electron chi connectivity index (χ1n) is 7.64. The Morgan fingerprint density at radius 3 is 2.85 bits per heavy atom. The first kappa shape index (κ1) is 15.0. The first-order valence-corrected chi connectivity index (χ1v) is 7.64. The van der Waals surface area contributed by atoms with Crippen LogP contribution in [0.3, 0.4) is 0 Å². The van der Waals surface area contributed by atoms with Crippen LogP contribution in [-0.4, -0.2) is 17.6 Å². The summed E-state index contributed by atoms with van der Waals surface area (Å²) in [5.74, 6) is -0.393. The van der Waals surface area contributed by atoms with Crippen molar-refractivity contribution in [2.45, 2.75) is 51.4 Å². The van der Waals surface area contributed by atoms with Gasteiger partial charge in [-0.25, -0.2) is 0 Å². The monoisotopic (exact) mass is 275 g/mol. The maximum absolute atomic E-state index is 11.7. The van der Waals surface area contributed by atoms with Gasteiger partial charge < -0.3 is 10.8 Å². The zero-order valence-electron chi connectivity index (χ0n) is 12.3. The Balaban J connectivity index is 2.26. The molecule has 0 saturated heterocycles. The number of benzene rings is 1. The minimum Gasteiger partial charge on any atom is -0.481 e. The Morgan fingerprint density at radius 1 is 1.45 bits per heavy atom. The smallest absolute Gasteiger partial charge is 0.310 e. The third-order valence-corrected chi connectivity index (χ3v) is 4.70. The molecule has 3 heteroatoms. The number of aryl methyl sites for hydroxylation is 1. The van der Waals surface area contributed by atoms with E-state index in [2.05, 4.69) is 24.3 Å². The molecule has 110 valence electrons. The molecule has 0 saturated carbocycles. The van der Waals surface area contributed by atoms with Gasteiger partial charge in [0, 0.05) is 6.54 Å². The third kappa shape index (κ3) is 2.88. The number of fused-ring (bicyclic) bond motifs is 1. The van der Waals surface area contributed by atoms with Crippen LogP contribution >= 0.6 is 0 Å². The Morgan fingerprint density at radius 2 is 2.20 bits per heavy atom. The molecule has 1 aliphatic carbocycles. The fourth-order valence-corrected chi connectivity index (χ4v) is 3.59. The number of carboxylic acid groups (broad SMARTS) is 1. The summed E-state index contributed by atoms with van der Waals surface area (Å²) in [5.41, 5.74) is 7.82. The second-order valence-corrected chi connectivity index (χ2v) is 6.03. The second kappa shape index (κ2) is 6.40. The lowest BCUT2D eigenvalue weighted by Crippen LogP contribution is -2.40. The van der Waals surface area contributed by atoms with Gasteiger partial charge in [0.15, 0.2) is 0 Å². The standard InChI is InChI=1S/C17H25NO2/c1-2-10-17(12-18,16(19)20)11-14-8-5-7-13-6-3-4-9-15(13)14/h3-4,6,9,14H,2,5,7-8,10-12,18H2,1H3,(H,19,20). The molecule has 0 heterocycles. The third-order valence-electron chi connectivity index (χ3n) is 4.70. The van der Waals surface area contributed by atoms with E-state index in [1.54, 1.807) is 0 Å². The quantitative estimate of drug-likeness (QED) is 0.837. The van der Waals surface area contributed by atoms with Gasteiger partial charge in [-0.3, -0.25) is 4.79 Å². The molecule has 1 aliphatic rings. The summed E-state index contributed by atoms with van der Waals surface area (Å²) in [4.78, 5) is 11.7. The number of rotatable bonds is 6. The molecule has 0 spiro atoms. The first-order chi connectivity index (χ1) is 9.63. The van der Waals surface area contributed by atoms with Crippen molar-refractivity contribution in [2.75, 3.05) is 6.54 Å². The van der Waals surface area contributed by atoms with Gasteiger partial charge in [-0.05, 0) is 49.1 Å². The van der Waals surface area contributed by atoms with Crippen molar-refractivity contribution in [2.24, 2.45) is 11.1 Å². The zero-order valence-corrected chi connectivity index (χ0v) is 12.3. The average molecular weight is 275 g/mol. The van der Waals surface area contributed by atoms with E-state index in [9.17, 15) is 9.90 Å². The maximum atomic E-state index is 11.7. The highest BCUT2D eigenvalue weighted by molar-refractivity contribution is 5.75. The van der Waals surface area contributed by atoms with Crippen LogP contribution < -0.4 is 5.73 Å². The van der Waals surface area contributed by atoms with Gasteiger partial charge >= 0.3 is 5.97 Å². The summed E-state index contributed by atoms with van der Waals surface area (Å²) in [6.07, 6.45) is 5.53. The summed E-state index contributed by atoms with van der Waals surface area (Å²) >= 11 is 0. The molecular weight excluding hydrogens is 250 g/mol. The number of carbonyl (C=O) groups is 1. The number of aliphatic carboxylic acids is 1. The van der Waals surface area contributed by atoms with Crippen LogP contribution in [0.2, 0.25) is 0 Å². The van der Waals surface area contributed by atoms with Gasteiger partial charge in [-0.2, -0.15) is 0 Å². The topological polar surface area (TPSA) is 63.3 Å². The molecule has 0 aliphatic heterocycles. The lowest BCUT2D eigenvalue weighted by atomic mass is 9.70. The van der Waals surface area contributed by atoms with Crippen LogP contribution in [0.5, 0.6) is 0 Å². The Kier molecular flexibility index (Phi) is 4.81. The molecule has 0 radical (unpaired) electrons. The summed E-state index contributed by atoms with van der Waals surface area (Å²) < 4.78 is 0. The van der Waals surface area contributed by atoms with Gasteiger partial charge in [0.25, 0.3) is 0 Å². The van der Waals surface area contributed by atoms with Crippen molar-refractivity contribution >= 4 is 5.97 Å². The fraction of sp³-hybridized carbons (Fsp3) is 0.588. The molecule has 2 unspecified atom stereocenters. The summed E-state index contributed by atoms with van der Waals surface area (Å²) in [5, 5.41) is 9.65. The molecule has 2 rings (SSSR count). The number of hydrogen-bond acceptors (Lipinski definition) is 2. The number of carboxylic acids is 1. The van der Waals surface area contributed by atoms with Crippen LogP contribution in [0.15, 0.2) is 24.3 Å². The van der Waals surface area contributed by atoms with E-state index >= 15 is 0 Å². The summed E-state index contributed by atoms with van der Waals surface area (Å²) in [7, 11) is 0. The minimum absolute atomic E-state index is 0.231. The lowest BCUT2D eigenvalue weighted by Gasteiger charge is -2.34. The molecule has 1 aromatic rings. The molecule has 0 amide bonds. The molecule has 3 N–H and O–H groups in total. The van der Waals surface area contributed by atoms with Crippen LogP contribution in [0.4, 0.5) is 0 Å². The average Bonchev–Trinajstić information content (AvgIpc) is 2.46. The zero-order chi connectivity index (χ0) is 14.6. The van der Waals surface area contributed by atoms with E-state index in [1.165, 1.54) is 11.1 Å². The van der Waals surface area contributed by atoms with Crippen LogP contribution in [0, 0.1) is 5.41 Å². The molecule has 1 aromatic carbocycles. The molecular formula is C17H25NO2. The van der Waals surface area contributed by atoms with Crippen LogP contribution in [0.25, 0.3) is 0 Å². The van der Waals surface area contributed by atoms with Gasteiger partial charge in [0.1, 0.15) is 0 Å². The molecule has 2 atom stereocenters. The van der Waals surface area contributed by atoms with Crippen molar-refractivity contribution in [3.8, 4) is 0 Å². The number of hydrogen-bond donors (Lipinski definition) is 2. The van der Waals surface area contributed by atoms with E-state index in [4.69, 9.17) is 5.73 Å². The predicted octanol–water partition coefficient (Wildman–Crippen LogP) is 3.33. The summed E-state index contributed by atoms with van der Waals surface area (Å²) in [6, 6.07) is 8.46. The van der Waals surface area contributed by atoms with Gasteiger partial charge in [-0.1, -0.05) is 37.6 Å². The van der Waals surface area contributed by atoms with Crippen LogP contribution in [0.1, 0.15) is 56.1 Å². The molecule has 20 heavy (non-hydrogen) atoms. The Hall–Kier alpha value is -1.35. The normalized spacial score (nSPS) is 21.0. The highest BCUT2D eigenvalue weighted by Gasteiger charge is 2.39. The second-order valence-electron chi connectivity index (χ2n) is 6.03. The highest BCUT2D eigenvalue weighted by atomic mass is 16.4.